The third-order valence-electron chi connectivity index (χ3n) is 3.66. The summed E-state index contributed by atoms with van der Waals surface area (Å²) in [6.45, 7) is 3.64. The highest BCUT2D eigenvalue weighted by molar-refractivity contribution is 5.85. The molecule has 0 saturated heterocycles. The van der Waals surface area contributed by atoms with E-state index in [1.54, 1.807) is 0 Å². The summed E-state index contributed by atoms with van der Waals surface area (Å²) in [4.78, 5) is 8.36. The summed E-state index contributed by atoms with van der Waals surface area (Å²) in [5.74, 6) is 0. The fourth-order valence-electron chi connectivity index (χ4n) is 2.73. The lowest BCUT2D eigenvalue weighted by Gasteiger charge is -2.15. The Hall–Kier alpha value is -3.13. The molecule has 0 amide bonds. The van der Waals surface area contributed by atoms with Gasteiger partial charge in [0.2, 0.25) is 0 Å². The Kier molecular flexibility index (Phi) is 6.54. The molecule has 1 N–H and O–H groups in total. The van der Waals surface area contributed by atoms with Gasteiger partial charge in [-0.25, -0.2) is 0 Å². The van der Waals surface area contributed by atoms with E-state index < -0.39 is 0 Å². The zero-order valence-electron chi connectivity index (χ0n) is 13.4. The lowest BCUT2D eigenvalue weighted by molar-refractivity contribution is -0.122. The molecule has 3 aromatic carbocycles. The molecule has 0 atom stereocenters. The average Bonchev–Trinajstić information content (AvgIpc) is 2.64. The molecule has 120 valence electrons. The molecule has 3 rings (SSSR count). The quantitative estimate of drug-likeness (QED) is 0.513. The first-order chi connectivity index (χ1) is 11.8. The first kappa shape index (κ1) is 17.2. The van der Waals surface area contributed by atoms with E-state index in [2.05, 4.69) is 85.4 Å². The third-order valence-corrected chi connectivity index (χ3v) is 3.66. The number of rotatable bonds is 4. The molecule has 0 aliphatic carbocycles. The van der Waals surface area contributed by atoms with Gasteiger partial charge in [0.05, 0.1) is 0 Å². The molecule has 2 nitrogen and oxygen atoms in total. The van der Waals surface area contributed by atoms with Crippen LogP contribution in [0.5, 0.6) is 0 Å². The summed E-state index contributed by atoms with van der Waals surface area (Å²) in [6, 6.07) is 27.7. The Morgan fingerprint density at radius 2 is 1.33 bits per heavy atom. The molecule has 0 fully saturated rings. The summed E-state index contributed by atoms with van der Waals surface area (Å²) in [5.41, 5.74) is 6.42. The molecule has 0 radical (unpaired) electrons. The molecule has 0 bridgehead atoms. The van der Waals surface area contributed by atoms with E-state index in [-0.39, 0.29) is 6.47 Å². The van der Waals surface area contributed by atoms with E-state index in [0.717, 1.165) is 6.42 Å². The Balaban J connectivity index is 0.000000647. The first-order valence-corrected chi connectivity index (χ1v) is 7.73. The average molecular weight is 316 g/mol. The predicted octanol–water partition coefficient (Wildman–Crippen LogP) is 5.45. The van der Waals surface area contributed by atoms with Gasteiger partial charge in [-0.2, -0.15) is 0 Å². The number of benzene rings is 3. The van der Waals surface area contributed by atoms with Crippen LogP contribution >= 0.6 is 0 Å². The van der Waals surface area contributed by atoms with Crippen LogP contribution in [-0.4, -0.2) is 11.6 Å². The minimum absolute atomic E-state index is 0.250. The van der Waals surface area contributed by atoms with Crippen LogP contribution in [0.4, 0.5) is 0 Å². The maximum absolute atomic E-state index is 8.36. The fraction of sp³-hybridized carbons (Fsp3) is 0.0455. The van der Waals surface area contributed by atoms with E-state index in [1.807, 2.05) is 6.08 Å². The van der Waals surface area contributed by atoms with Gasteiger partial charge < -0.3 is 5.11 Å². The molecule has 24 heavy (non-hydrogen) atoms. The van der Waals surface area contributed by atoms with E-state index in [1.165, 1.54) is 27.8 Å². The van der Waals surface area contributed by atoms with Crippen LogP contribution in [-0.2, 0) is 11.2 Å². The van der Waals surface area contributed by atoms with Crippen molar-refractivity contribution in [3.05, 3.63) is 97.1 Å². The molecule has 0 unspecified atom stereocenters. The minimum atomic E-state index is -0.250. The smallest absolute Gasteiger partial charge is 0.290 e. The maximum atomic E-state index is 8.36. The van der Waals surface area contributed by atoms with E-state index in [9.17, 15) is 0 Å². The van der Waals surface area contributed by atoms with Crippen LogP contribution in [0.2, 0.25) is 0 Å². The van der Waals surface area contributed by atoms with Gasteiger partial charge in [0, 0.05) is 0 Å². The highest BCUT2D eigenvalue weighted by Gasteiger charge is 2.11. The van der Waals surface area contributed by atoms with Gasteiger partial charge in [-0.3, -0.25) is 4.79 Å². The number of carbonyl (C=O) groups is 1. The second kappa shape index (κ2) is 9.11. The highest BCUT2D eigenvalue weighted by atomic mass is 16.3. The molecule has 3 aromatic rings. The van der Waals surface area contributed by atoms with Crippen LogP contribution in [0.1, 0.15) is 5.56 Å². The molecule has 0 aromatic heterocycles. The largest absolute Gasteiger partial charge is 0.483 e. The zero-order valence-corrected chi connectivity index (χ0v) is 13.4. The molecule has 0 spiro atoms. The molecule has 0 aliphatic rings. The van der Waals surface area contributed by atoms with Gasteiger partial charge in [-0.1, -0.05) is 84.9 Å². The van der Waals surface area contributed by atoms with Crippen molar-refractivity contribution < 1.29 is 9.90 Å². The van der Waals surface area contributed by atoms with Crippen molar-refractivity contribution in [2.45, 2.75) is 6.42 Å². The lowest BCUT2D eigenvalue weighted by atomic mass is 9.89. The number of hydrogen-bond acceptors (Lipinski definition) is 1. The van der Waals surface area contributed by atoms with Gasteiger partial charge in [0.1, 0.15) is 0 Å². The van der Waals surface area contributed by atoms with Crippen LogP contribution in [0.15, 0.2) is 91.5 Å². The second-order valence-electron chi connectivity index (χ2n) is 5.17. The molecule has 0 heterocycles. The molecule has 0 aliphatic heterocycles. The van der Waals surface area contributed by atoms with Crippen LogP contribution in [0.25, 0.3) is 22.3 Å². The van der Waals surface area contributed by atoms with Crippen molar-refractivity contribution >= 4 is 6.47 Å². The monoisotopic (exact) mass is 316 g/mol. The normalized spacial score (nSPS) is 9.50. The summed E-state index contributed by atoms with van der Waals surface area (Å²) in [7, 11) is 0. The fourth-order valence-corrected chi connectivity index (χ4v) is 2.73. The lowest BCUT2D eigenvalue weighted by Crippen LogP contribution is -1.92. The molecule has 0 saturated carbocycles. The van der Waals surface area contributed by atoms with Gasteiger partial charge >= 0.3 is 0 Å². The molecular weight excluding hydrogens is 296 g/mol. The number of allylic oxidation sites excluding steroid dienone is 1. The summed E-state index contributed by atoms with van der Waals surface area (Å²) >= 11 is 0. The predicted molar refractivity (Wildman–Crippen MR) is 99.9 cm³/mol. The Bertz CT molecular complexity index is 778. The van der Waals surface area contributed by atoms with Crippen LogP contribution in [0, 0.1) is 0 Å². The Morgan fingerprint density at radius 1 is 0.792 bits per heavy atom. The van der Waals surface area contributed by atoms with E-state index in [4.69, 9.17) is 9.90 Å². The second-order valence-corrected chi connectivity index (χ2v) is 5.17. The van der Waals surface area contributed by atoms with Gasteiger partial charge in [0.25, 0.3) is 6.47 Å². The van der Waals surface area contributed by atoms with Crippen molar-refractivity contribution in [1.29, 1.82) is 0 Å². The van der Waals surface area contributed by atoms with E-state index >= 15 is 0 Å². The number of carboxylic acid groups (broad SMARTS) is 1. The summed E-state index contributed by atoms with van der Waals surface area (Å²) in [5, 5.41) is 6.89. The van der Waals surface area contributed by atoms with Gasteiger partial charge in [-0.05, 0) is 34.2 Å². The van der Waals surface area contributed by atoms with Gasteiger partial charge in [0.15, 0.2) is 0 Å². The topological polar surface area (TPSA) is 37.3 Å². The molecule has 2 heteroatoms. The summed E-state index contributed by atoms with van der Waals surface area (Å²) < 4.78 is 0. The van der Waals surface area contributed by atoms with Crippen molar-refractivity contribution in [3.8, 4) is 22.3 Å². The van der Waals surface area contributed by atoms with Gasteiger partial charge in [-0.15, -0.1) is 6.58 Å². The summed E-state index contributed by atoms with van der Waals surface area (Å²) in [6.07, 6.45) is 2.85. The molecular formula is C22H20O2. The van der Waals surface area contributed by atoms with Crippen molar-refractivity contribution in [3.63, 3.8) is 0 Å². The number of hydrogen-bond donors (Lipinski definition) is 1. The first-order valence-electron chi connectivity index (χ1n) is 7.73. The van der Waals surface area contributed by atoms with Crippen molar-refractivity contribution in [2.24, 2.45) is 0 Å². The van der Waals surface area contributed by atoms with Crippen LogP contribution < -0.4 is 0 Å². The highest BCUT2D eigenvalue weighted by Crippen LogP contribution is 2.35. The Morgan fingerprint density at radius 3 is 1.88 bits per heavy atom. The standard InChI is InChI=1S/C21H18.CH2O2/c1-2-10-18-15-9-16-20(17-11-5-3-6-12-17)21(18)19-13-7-4-8-14-19;2-1-3/h2-9,11-16H,1,10H2;1H,(H,2,3). The third kappa shape index (κ3) is 4.20. The minimum Gasteiger partial charge on any atom is -0.483 e. The van der Waals surface area contributed by atoms with Crippen molar-refractivity contribution in [2.75, 3.05) is 0 Å². The SMILES string of the molecule is C=CCc1cccc(-c2ccccc2)c1-c1ccccc1.O=CO. The van der Waals surface area contributed by atoms with Crippen molar-refractivity contribution in [1.82, 2.24) is 0 Å². The Labute approximate surface area is 142 Å². The maximum Gasteiger partial charge on any atom is 0.290 e. The van der Waals surface area contributed by atoms with E-state index in [0.29, 0.717) is 0 Å². The van der Waals surface area contributed by atoms with Crippen LogP contribution in [0.3, 0.4) is 0 Å². The zero-order chi connectivity index (χ0) is 17.2.